The van der Waals surface area contributed by atoms with E-state index in [0.29, 0.717) is 12.8 Å². The van der Waals surface area contributed by atoms with Gasteiger partial charge >= 0.3 is 0 Å². The molecule has 14 nitrogen and oxygen atoms in total. The van der Waals surface area contributed by atoms with E-state index in [0.717, 1.165) is 77.0 Å². The summed E-state index contributed by atoms with van der Waals surface area (Å²) in [6, 6.07) is -0.831. The fraction of sp³-hybridized carbons (Fsp3) is 0.889. The molecule has 12 atom stereocenters. The predicted octanol–water partition coefficient (Wildman–Crippen LogP) is 18.2. The number of amides is 1. The number of carbonyl (C=O) groups excluding carboxylic acids is 1. The normalized spacial score (nSPS) is 22.5. The van der Waals surface area contributed by atoms with E-state index >= 15 is 0 Å². The van der Waals surface area contributed by atoms with Crippen LogP contribution in [0.25, 0.3) is 0 Å². The molecule has 0 saturated carbocycles. The van der Waals surface area contributed by atoms with Crippen LogP contribution >= 0.6 is 0 Å². The van der Waals surface area contributed by atoms with Gasteiger partial charge in [-0.05, 0) is 51.4 Å². The van der Waals surface area contributed by atoms with E-state index in [1.165, 1.54) is 263 Å². The van der Waals surface area contributed by atoms with Crippen molar-refractivity contribution >= 4 is 5.91 Å². The molecular weight excluding hydrogens is 1190 g/mol. The van der Waals surface area contributed by atoms with Crippen LogP contribution in [0.3, 0.4) is 0 Å². The maximum atomic E-state index is 13.4. The zero-order chi connectivity index (χ0) is 68.7. The Bertz CT molecular complexity index is 1780. The average Bonchev–Trinajstić information content (AvgIpc) is 0.801. The summed E-state index contributed by atoms with van der Waals surface area (Å²) in [4.78, 5) is 13.4. The predicted molar refractivity (Wildman–Crippen MR) is 392 cm³/mol. The van der Waals surface area contributed by atoms with Crippen LogP contribution in [0.5, 0.6) is 0 Å². The van der Waals surface area contributed by atoms with E-state index in [-0.39, 0.29) is 12.5 Å². The van der Waals surface area contributed by atoms with Crippen LogP contribution in [0.15, 0.2) is 48.6 Å². The van der Waals surface area contributed by atoms with Crippen molar-refractivity contribution in [3.8, 4) is 0 Å². The molecule has 2 heterocycles. The first kappa shape index (κ1) is 89.0. The monoisotopic (exact) mass is 1350 g/mol. The minimum atomic E-state index is -1.78. The molecule has 0 bridgehead atoms. The zero-order valence-corrected chi connectivity index (χ0v) is 61.2. The van der Waals surface area contributed by atoms with Crippen LogP contribution in [0.2, 0.25) is 0 Å². The maximum absolute atomic E-state index is 13.4. The molecule has 1 amide bonds. The Kier molecular flexibility index (Phi) is 61.2. The lowest BCUT2D eigenvalue weighted by atomic mass is 9.97. The summed E-state index contributed by atoms with van der Waals surface area (Å²) >= 11 is 0. The lowest BCUT2D eigenvalue weighted by Crippen LogP contribution is -2.65. The Morgan fingerprint density at radius 1 is 0.389 bits per heavy atom. The van der Waals surface area contributed by atoms with Gasteiger partial charge in [0.2, 0.25) is 5.91 Å². The third-order valence-electron chi connectivity index (χ3n) is 19.8. The molecule has 14 heteroatoms. The van der Waals surface area contributed by atoms with Gasteiger partial charge in [-0.1, -0.05) is 358 Å². The highest BCUT2D eigenvalue weighted by Gasteiger charge is 2.51. The summed E-state index contributed by atoms with van der Waals surface area (Å²) in [6.07, 6.45) is 70.1. The van der Waals surface area contributed by atoms with Gasteiger partial charge in [0.1, 0.15) is 48.8 Å². The van der Waals surface area contributed by atoms with Crippen LogP contribution in [-0.2, 0) is 23.7 Å². The molecule has 2 fully saturated rings. The van der Waals surface area contributed by atoms with Crippen LogP contribution < -0.4 is 5.32 Å². The molecule has 2 saturated heterocycles. The number of nitrogens with one attached hydrogen (secondary N) is 1. The summed E-state index contributed by atoms with van der Waals surface area (Å²) in [7, 11) is 0. The molecule has 0 aromatic heterocycles. The van der Waals surface area contributed by atoms with Crippen molar-refractivity contribution in [1.82, 2.24) is 5.32 Å². The van der Waals surface area contributed by atoms with E-state index in [9.17, 15) is 45.6 Å². The highest BCUT2D eigenvalue weighted by molar-refractivity contribution is 5.76. The maximum Gasteiger partial charge on any atom is 0.220 e. The largest absolute Gasteiger partial charge is 0.394 e. The number of rotatable bonds is 68. The van der Waals surface area contributed by atoms with Gasteiger partial charge in [-0.2, -0.15) is 0 Å². The summed E-state index contributed by atoms with van der Waals surface area (Å²) in [5, 5.41) is 87.9. The Balaban J connectivity index is 1.60. The van der Waals surface area contributed by atoms with Gasteiger partial charge in [-0.25, -0.2) is 0 Å². The average molecular weight is 1350 g/mol. The Hall–Kier alpha value is -2.05. The highest BCUT2D eigenvalue weighted by atomic mass is 16.7. The van der Waals surface area contributed by atoms with E-state index in [1.54, 1.807) is 0 Å². The van der Waals surface area contributed by atoms with Gasteiger partial charge in [0.15, 0.2) is 12.6 Å². The quantitative estimate of drug-likeness (QED) is 0.0204. The van der Waals surface area contributed by atoms with E-state index in [4.69, 9.17) is 18.9 Å². The Morgan fingerprint density at radius 2 is 0.726 bits per heavy atom. The van der Waals surface area contributed by atoms with Gasteiger partial charge in [-0.15, -0.1) is 0 Å². The van der Waals surface area contributed by atoms with Crippen LogP contribution in [-0.4, -0.2) is 140 Å². The first-order valence-electron chi connectivity index (χ1n) is 40.4. The zero-order valence-electron chi connectivity index (χ0n) is 61.2. The highest BCUT2D eigenvalue weighted by Crippen LogP contribution is 2.30. The van der Waals surface area contributed by atoms with Crippen molar-refractivity contribution in [3.63, 3.8) is 0 Å². The molecule has 9 N–H and O–H groups in total. The minimum absolute atomic E-state index is 0.200. The molecule has 2 aliphatic heterocycles. The number of hydrogen-bond acceptors (Lipinski definition) is 13. The van der Waals surface area contributed by atoms with Crippen molar-refractivity contribution in [2.45, 2.75) is 441 Å². The first-order chi connectivity index (χ1) is 46.6. The first-order valence-corrected chi connectivity index (χ1v) is 40.4. The lowest BCUT2D eigenvalue weighted by molar-refractivity contribution is -0.359. The van der Waals surface area contributed by atoms with Crippen molar-refractivity contribution < 1.29 is 64.6 Å². The molecule has 12 unspecified atom stereocenters. The molecule has 2 rings (SSSR count). The molecular formula is C81H151NO13. The fourth-order valence-electron chi connectivity index (χ4n) is 13.5. The smallest absolute Gasteiger partial charge is 0.220 e. The minimum Gasteiger partial charge on any atom is -0.394 e. The molecule has 0 aromatic rings. The van der Waals surface area contributed by atoms with Crippen molar-refractivity contribution in [1.29, 1.82) is 0 Å². The van der Waals surface area contributed by atoms with Gasteiger partial charge in [0.05, 0.1) is 32.0 Å². The molecule has 0 radical (unpaired) electrons. The molecule has 2 aliphatic rings. The van der Waals surface area contributed by atoms with E-state index in [2.05, 4.69) is 67.8 Å². The van der Waals surface area contributed by atoms with Gasteiger partial charge in [0.25, 0.3) is 0 Å². The molecule has 95 heavy (non-hydrogen) atoms. The second-order valence-corrected chi connectivity index (χ2v) is 28.5. The summed E-state index contributed by atoms with van der Waals surface area (Å²) in [6.45, 7) is 2.81. The topological polar surface area (TPSA) is 228 Å². The van der Waals surface area contributed by atoms with E-state index in [1.807, 2.05) is 0 Å². The Morgan fingerprint density at radius 3 is 1.12 bits per heavy atom. The molecule has 0 aromatic carbocycles. The third-order valence-corrected chi connectivity index (χ3v) is 19.8. The van der Waals surface area contributed by atoms with E-state index < -0.39 is 86.8 Å². The second kappa shape index (κ2) is 65.3. The molecule has 0 aliphatic carbocycles. The standard InChI is InChI=1S/C81H151NO13/c1-3-5-7-9-11-13-15-17-19-21-23-25-27-29-31-33-35-37-39-41-43-45-47-49-51-53-55-57-59-61-63-65-73(86)82-69(68-92-80-78(91)76(89)79(72(67-84)94-80)95-81-77(90)75(88)74(87)71(66-83)93-81)70(85)64-62-60-58-56-54-52-50-48-46-44-42-40-38-36-34-32-30-28-26-24-22-20-18-16-14-12-10-8-6-4-2/h5,7,11,13,17,19,23,25,69-72,74-81,83-85,87-91H,3-4,6,8-10,12,14-16,18,20-22,24,26-68H2,1-2H3,(H,82,86)/b7-5-,13-11-,19-17-,25-23-. The van der Waals surface area contributed by atoms with Crippen LogP contribution in [0.1, 0.15) is 367 Å². The Labute approximate surface area is 582 Å². The summed E-state index contributed by atoms with van der Waals surface area (Å²) in [5.41, 5.74) is 0. The number of aliphatic hydroxyl groups is 8. The molecule has 0 spiro atoms. The number of ether oxygens (including phenoxy) is 4. The van der Waals surface area contributed by atoms with Gasteiger partial charge in [-0.3, -0.25) is 4.79 Å². The van der Waals surface area contributed by atoms with Crippen molar-refractivity contribution in [2.24, 2.45) is 0 Å². The molecule has 558 valence electrons. The fourth-order valence-corrected chi connectivity index (χ4v) is 13.5. The second-order valence-electron chi connectivity index (χ2n) is 28.5. The third kappa shape index (κ3) is 48.4. The van der Waals surface area contributed by atoms with Gasteiger partial charge in [0, 0.05) is 6.42 Å². The van der Waals surface area contributed by atoms with Gasteiger partial charge < -0.3 is 65.1 Å². The van der Waals surface area contributed by atoms with Crippen molar-refractivity contribution in [2.75, 3.05) is 19.8 Å². The number of allylic oxidation sites excluding steroid dienone is 8. The summed E-state index contributed by atoms with van der Waals surface area (Å²) < 4.78 is 23.0. The number of hydrogen-bond donors (Lipinski definition) is 9. The van der Waals surface area contributed by atoms with Crippen LogP contribution in [0.4, 0.5) is 0 Å². The van der Waals surface area contributed by atoms with Crippen molar-refractivity contribution in [3.05, 3.63) is 48.6 Å². The summed E-state index contributed by atoms with van der Waals surface area (Å²) in [5.74, 6) is -0.200. The lowest BCUT2D eigenvalue weighted by Gasteiger charge is -2.46. The SMILES string of the molecule is CC/C=C\C/C=C\C/C=C\C/C=C\CCCCCCCCCCCCCCCCCCCCC(=O)NC(COC1OC(CO)C(OC2OC(CO)C(O)C(O)C2O)C(O)C1O)C(O)CCCCCCCCCCCCCCCCCCCCCCCCCCCCCCCC. The number of aliphatic hydroxyl groups excluding tert-OH is 8. The number of unbranched alkanes of at least 4 members (excludes halogenated alkanes) is 47. The number of carbonyl (C=O) groups is 1. The van der Waals surface area contributed by atoms with Crippen LogP contribution in [0, 0.1) is 0 Å².